The van der Waals surface area contributed by atoms with Crippen LogP contribution in [0.25, 0.3) is 0 Å². The number of carbonyl (C=O) groups is 1. The van der Waals surface area contributed by atoms with Gasteiger partial charge in [0.25, 0.3) is 5.91 Å². The van der Waals surface area contributed by atoms with Crippen LogP contribution in [0.3, 0.4) is 0 Å². The molecule has 2 fully saturated rings. The molecule has 2 saturated heterocycles. The molecule has 4 rings (SSSR count). The Morgan fingerprint density at radius 3 is 2.64 bits per heavy atom. The van der Waals surface area contributed by atoms with Gasteiger partial charge in [0.2, 0.25) is 0 Å². The summed E-state index contributed by atoms with van der Waals surface area (Å²) in [5, 5.41) is 0. The molecule has 1 amide bonds. The fourth-order valence-corrected chi connectivity index (χ4v) is 6.05. The van der Waals surface area contributed by atoms with Crippen LogP contribution in [0.1, 0.15) is 73.8 Å². The molecule has 0 aromatic heterocycles. The van der Waals surface area contributed by atoms with Gasteiger partial charge in [0, 0.05) is 51.4 Å². The molecule has 4 nitrogen and oxygen atoms in total. The second kappa shape index (κ2) is 10.8. The number of fused-ring (bicyclic) bond motifs is 2. The zero-order chi connectivity index (χ0) is 23.4. The van der Waals surface area contributed by atoms with E-state index in [9.17, 15) is 4.79 Å². The summed E-state index contributed by atoms with van der Waals surface area (Å²) in [4.78, 5) is 19.6. The highest BCUT2D eigenvalue weighted by Gasteiger charge is 2.40. The Morgan fingerprint density at radius 2 is 1.94 bits per heavy atom. The molecule has 1 aromatic rings. The maximum absolute atomic E-state index is 12.5. The summed E-state index contributed by atoms with van der Waals surface area (Å²) in [6, 6.07) is 9.97. The number of hydrogen-bond acceptors (Lipinski definition) is 3. The Hall–Kier alpha value is -2.17. The molecule has 178 valence electrons. The summed E-state index contributed by atoms with van der Waals surface area (Å²) >= 11 is 0. The van der Waals surface area contributed by atoms with Crippen LogP contribution in [0.2, 0.25) is 0 Å². The van der Waals surface area contributed by atoms with Crippen LogP contribution in [0.4, 0.5) is 0 Å². The number of rotatable bonds is 7. The van der Waals surface area contributed by atoms with Crippen molar-refractivity contribution in [3.8, 4) is 0 Å². The lowest BCUT2D eigenvalue weighted by Crippen LogP contribution is -2.50. The predicted molar refractivity (Wildman–Crippen MR) is 137 cm³/mol. The predicted octanol–water partition coefficient (Wildman–Crippen LogP) is 5.60. The maximum atomic E-state index is 12.5. The van der Waals surface area contributed by atoms with Crippen molar-refractivity contribution in [2.24, 2.45) is 0 Å². The summed E-state index contributed by atoms with van der Waals surface area (Å²) in [5.41, 5.74) is 5.12. The van der Waals surface area contributed by atoms with Crippen molar-refractivity contribution in [3.63, 3.8) is 0 Å². The van der Waals surface area contributed by atoms with Crippen LogP contribution >= 0.6 is 0 Å². The number of allylic oxidation sites excluding steroid dienone is 3. The summed E-state index contributed by atoms with van der Waals surface area (Å²) in [6.45, 7) is 9.52. The Balaban J connectivity index is 1.73. The minimum absolute atomic E-state index is 0.0675. The van der Waals surface area contributed by atoms with E-state index < -0.39 is 0 Å². The second-order valence-corrected chi connectivity index (χ2v) is 10.1. The van der Waals surface area contributed by atoms with E-state index in [1.54, 1.807) is 10.5 Å². The molecule has 3 atom stereocenters. The van der Waals surface area contributed by atoms with Gasteiger partial charge in [0.1, 0.15) is 0 Å². The Kier molecular flexibility index (Phi) is 7.87. The molecule has 2 bridgehead atoms. The van der Waals surface area contributed by atoms with Gasteiger partial charge in [-0.05, 0) is 61.8 Å². The molecule has 3 unspecified atom stereocenters. The fraction of sp³-hybridized carbons (Fsp3) is 0.552. The van der Waals surface area contributed by atoms with Gasteiger partial charge in [-0.2, -0.15) is 0 Å². The average Bonchev–Trinajstić information content (AvgIpc) is 2.92. The van der Waals surface area contributed by atoms with Gasteiger partial charge in [0.15, 0.2) is 0 Å². The van der Waals surface area contributed by atoms with Gasteiger partial charge < -0.3 is 4.90 Å². The van der Waals surface area contributed by atoms with E-state index >= 15 is 0 Å². The van der Waals surface area contributed by atoms with Crippen molar-refractivity contribution in [1.82, 2.24) is 14.7 Å². The maximum Gasteiger partial charge on any atom is 0.253 e. The molecule has 2 heterocycles. The lowest BCUT2D eigenvalue weighted by Gasteiger charge is -2.47. The van der Waals surface area contributed by atoms with E-state index in [1.807, 2.05) is 26.2 Å². The zero-order valence-electron chi connectivity index (χ0n) is 20.8. The van der Waals surface area contributed by atoms with E-state index in [-0.39, 0.29) is 5.91 Å². The summed E-state index contributed by atoms with van der Waals surface area (Å²) in [7, 11) is 3.63. The van der Waals surface area contributed by atoms with Gasteiger partial charge >= 0.3 is 0 Å². The van der Waals surface area contributed by atoms with Gasteiger partial charge in [-0.3, -0.25) is 14.6 Å². The normalized spacial score (nSPS) is 24.9. The van der Waals surface area contributed by atoms with Crippen molar-refractivity contribution in [1.29, 1.82) is 0 Å². The molecule has 0 saturated carbocycles. The third-order valence-electron chi connectivity index (χ3n) is 7.70. The number of hydrogen-bond donors (Lipinski definition) is 0. The first-order valence-electron chi connectivity index (χ1n) is 12.8. The number of piperidine rings is 1. The molecule has 0 N–H and O–H groups in total. The number of nitrogens with zero attached hydrogens (tertiary/aromatic N) is 3. The molecule has 1 aliphatic carbocycles. The molecular weight excluding hydrogens is 406 g/mol. The number of benzene rings is 1. The van der Waals surface area contributed by atoms with Gasteiger partial charge in [-0.25, -0.2) is 0 Å². The van der Waals surface area contributed by atoms with Crippen molar-refractivity contribution >= 4 is 5.91 Å². The first-order chi connectivity index (χ1) is 16.0. The highest BCUT2D eigenvalue weighted by atomic mass is 16.2. The van der Waals surface area contributed by atoms with Crippen LogP contribution in [0.5, 0.6) is 0 Å². The van der Waals surface area contributed by atoms with E-state index in [1.165, 1.54) is 36.8 Å². The number of carbonyl (C=O) groups excluding carboxylic acids is 1. The highest BCUT2D eigenvalue weighted by Crippen LogP contribution is 2.42. The first kappa shape index (κ1) is 24.0. The molecule has 0 radical (unpaired) electrons. The molecule has 1 aromatic carbocycles. The van der Waals surface area contributed by atoms with Crippen LogP contribution < -0.4 is 0 Å². The lowest BCUT2D eigenvalue weighted by atomic mass is 9.83. The van der Waals surface area contributed by atoms with E-state index in [4.69, 9.17) is 0 Å². The van der Waals surface area contributed by atoms with Crippen molar-refractivity contribution in [2.75, 3.05) is 33.7 Å². The summed E-state index contributed by atoms with van der Waals surface area (Å²) < 4.78 is 0. The SMILES string of the molecule is C=CCN1CCC2CCCC(C1)N2C(C1=CC(CC)=CCC1)c1ccc(C(=O)N(C)C)cc1. The topological polar surface area (TPSA) is 26.8 Å². The third-order valence-corrected chi connectivity index (χ3v) is 7.70. The van der Waals surface area contributed by atoms with E-state index in [0.717, 1.165) is 44.5 Å². The number of amides is 1. The minimum Gasteiger partial charge on any atom is -0.345 e. The Labute approximate surface area is 200 Å². The monoisotopic (exact) mass is 447 g/mol. The Morgan fingerprint density at radius 1 is 1.18 bits per heavy atom. The van der Waals surface area contributed by atoms with Crippen molar-refractivity contribution in [3.05, 3.63) is 71.3 Å². The van der Waals surface area contributed by atoms with Crippen LogP contribution in [0, 0.1) is 0 Å². The summed E-state index contributed by atoms with van der Waals surface area (Å²) in [5.74, 6) is 0.0675. The van der Waals surface area contributed by atoms with Crippen LogP contribution in [-0.2, 0) is 0 Å². The molecule has 33 heavy (non-hydrogen) atoms. The smallest absolute Gasteiger partial charge is 0.253 e. The molecule has 0 spiro atoms. The first-order valence-corrected chi connectivity index (χ1v) is 12.8. The lowest BCUT2D eigenvalue weighted by molar-refractivity contribution is 0.0533. The second-order valence-electron chi connectivity index (χ2n) is 10.1. The zero-order valence-corrected chi connectivity index (χ0v) is 20.8. The fourth-order valence-electron chi connectivity index (χ4n) is 6.05. The molecule has 4 heteroatoms. The van der Waals surface area contributed by atoms with Crippen LogP contribution in [-0.4, -0.2) is 66.4 Å². The largest absolute Gasteiger partial charge is 0.345 e. The van der Waals surface area contributed by atoms with Crippen LogP contribution in [0.15, 0.2) is 60.2 Å². The average molecular weight is 448 g/mol. The quantitative estimate of drug-likeness (QED) is 0.509. The van der Waals surface area contributed by atoms with E-state index in [0.29, 0.717) is 18.1 Å². The van der Waals surface area contributed by atoms with E-state index in [2.05, 4.69) is 53.7 Å². The van der Waals surface area contributed by atoms with Crippen molar-refractivity contribution in [2.45, 2.75) is 70.0 Å². The molecule has 2 aliphatic heterocycles. The Bertz CT molecular complexity index is 898. The molecular formula is C29H41N3O. The molecule has 3 aliphatic rings. The van der Waals surface area contributed by atoms with Crippen molar-refractivity contribution < 1.29 is 4.79 Å². The summed E-state index contributed by atoms with van der Waals surface area (Å²) in [6.07, 6.45) is 15.4. The third kappa shape index (κ3) is 5.33. The standard InChI is InChI=1S/C29H41N3O/c1-5-18-31-19-17-26-11-8-12-27(21-31)32(26)28(25-10-7-9-22(6-2)20-25)23-13-15-24(16-14-23)29(33)30(3)4/h5,9,13-16,20,26-28H,1,6-8,10-12,17-19,21H2,2-4H3. The van der Waals surface area contributed by atoms with Gasteiger partial charge in [-0.1, -0.05) is 49.3 Å². The van der Waals surface area contributed by atoms with Gasteiger partial charge in [-0.15, -0.1) is 6.58 Å². The highest BCUT2D eigenvalue weighted by molar-refractivity contribution is 5.93. The van der Waals surface area contributed by atoms with Gasteiger partial charge in [0.05, 0.1) is 6.04 Å². The minimum atomic E-state index is 0.0675.